The first kappa shape index (κ1) is 20.8. The molecule has 1 fully saturated rings. The summed E-state index contributed by atoms with van der Waals surface area (Å²) in [6.07, 6.45) is 0. The summed E-state index contributed by atoms with van der Waals surface area (Å²) in [5.41, 5.74) is 5.30. The molecule has 114 valence electrons. The number of rotatable bonds is 4. The summed E-state index contributed by atoms with van der Waals surface area (Å²) < 4.78 is 0. The van der Waals surface area contributed by atoms with Crippen molar-refractivity contribution in [3.63, 3.8) is 0 Å². The minimum absolute atomic E-state index is 0. The predicted molar refractivity (Wildman–Crippen MR) is 79.8 cm³/mol. The SMILES string of the molecule is CC(C)NC(=O)CN1CCN(C(=O)CN)CC1.Cl.Cl. The predicted octanol–water partition coefficient (Wildman–Crippen LogP) is -0.542. The number of nitrogens with zero attached hydrogens (tertiary/aromatic N) is 2. The van der Waals surface area contributed by atoms with Crippen molar-refractivity contribution < 1.29 is 9.59 Å². The standard InChI is InChI=1S/C11H22N4O2.2ClH/c1-9(2)13-10(16)8-14-3-5-15(6-4-14)11(17)7-12;;/h9H,3-8,12H2,1-2H3,(H,13,16);2*1H. The molecule has 0 radical (unpaired) electrons. The van der Waals surface area contributed by atoms with E-state index in [1.807, 2.05) is 13.8 Å². The maximum absolute atomic E-state index is 11.5. The van der Waals surface area contributed by atoms with Crippen molar-refractivity contribution >= 4 is 36.6 Å². The highest BCUT2D eigenvalue weighted by Gasteiger charge is 2.21. The fourth-order valence-corrected chi connectivity index (χ4v) is 1.86. The second-order valence-corrected chi connectivity index (χ2v) is 4.58. The Labute approximate surface area is 126 Å². The van der Waals surface area contributed by atoms with Gasteiger partial charge in [0, 0.05) is 32.2 Å². The van der Waals surface area contributed by atoms with Crippen LogP contribution >= 0.6 is 24.8 Å². The maximum Gasteiger partial charge on any atom is 0.236 e. The highest BCUT2D eigenvalue weighted by atomic mass is 35.5. The molecule has 1 aliphatic rings. The molecule has 0 aromatic heterocycles. The number of carbonyl (C=O) groups is 2. The molecule has 0 aromatic carbocycles. The van der Waals surface area contributed by atoms with Crippen LogP contribution < -0.4 is 11.1 Å². The van der Waals surface area contributed by atoms with Crippen molar-refractivity contribution in [3.8, 4) is 0 Å². The van der Waals surface area contributed by atoms with Crippen LogP contribution in [0.25, 0.3) is 0 Å². The Morgan fingerprint density at radius 2 is 1.68 bits per heavy atom. The van der Waals surface area contributed by atoms with E-state index < -0.39 is 0 Å². The number of hydrogen-bond acceptors (Lipinski definition) is 4. The summed E-state index contributed by atoms with van der Waals surface area (Å²) in [7, 11) is 0. The average molecular weight is 315 g/mol. The molecule has 0 aliphatic carbocycles. The Hall–Kier alpha value is -0.560. The molecule has 2 amide bonds. The Balaban J connectivity index is 0. The third kappa shape index (κ3) is 7.57. The Morgan fingerprint density at radius 3 is 2.11 bits per heavy atom. The fourth-order valence-electron chi connectivity index (χ4n) is 1.86. The molecule has 8 heteroatoms. The van der Waals surface area contributed by atoms with E-state index in [1.165, 1.54) is 0 Å². The van der Waals surface area contributed by atoms with E-state index in [-0.39, 0.29) is 49.2 Å². The first-order valence-corrected chi connectivity index (χ1v) is 6.02. The fraction of sp³-hybridized carbons (Fsp3) is 0.818. The van der Waals surface area contributed by atoms with Gasteiger partial charge in [0.05, 0.1) is 13.1 Å². The van der Waals surface area contributed by atoms with Crippen molar-refractivity contribution in [2.75, 3.05) is 39.3 Å². The van der Waals surface area contributed by atoms with Gasteiger partial charge in [-0.25, -0.2) is 0 Å². The molecule has 0 saturated carbocycles. The minimum atomic E-state index is -0.0173. The van der Waals surface area contributed by atoms with Crippen LogP contribution in [-0.4, -0.2) is 66.9 Å². The van der Waals surface area contributed by atoms with Crippen LogP contribution in [0.4, 0.5) is 0 Å². The molecule has 0 aromatic rings. The molecule has 0 unspecified atom stereocenters. The summed E-state index contributed by atoms with van der Waals surface area (Å²) in [6.45, 7) is 7.13. The highest BCUT2D eigenvalue weighted by Crippen LogP contribution is 2.01. The smallest absolute Gasteiger partial charge is 0.236 e. The van der Waals surface area contributed by atoms with Crippen LogP contribution in [0.2, 0.25) is 0 Å². The Morgan fingerprint density at radius 1 is 1.16 bits per heavy atom. The van der Waals surface area contributed by atoms with Crippen molar-refractivity contribution in [1.82, 2.24) is 15.1 Å². The molecule has 0 spiro atoms. The molecular formula is C11H24Cl2N4O2. The summed E-state index contributed by atoms with van der Waals surface area (Å²) >= 11 is 0. The number of hydrogen-bond donors (Lipinski definition) is 2. The Bertz CT molecular complexity index is 282. The number of carbonyl (C=O) groups excluding carboxylic acids is 2. The van der Waals surface area contributed by atoms with Gasteiger partial charge in [-0.2, -0.15) is 0 Å². The lowest BCUT2D eigenvalue weighted by molar-refractivity contribution is -0.131. The quantitative estimate of drug-likeness (QED) is 0.730. The van der Waals surface area contributed by atoms with Crippen LogP contribution in [0.3, 0.4) is 0 Å². The lowest BCUT2D eigenvalue weighted by Gasteiger charge is -2.34. The molecule has 1 heterocycles. The lowest BCUT2D eigenvalue weighted by atomic mass is 10.3. The Kier molecular flexibility index (Phi) is 11.2. The van der Waals surface area contributed by atoms with E-state index in [4.69, 9.17) is 5.73 Å². The van der Waals surface area contributed by atoms with Crippen molar-refractivity contribution in [2.24, 2.45) is 5.73 Å². The normalized spacial score (nSPS) is 15.5. The van der Waals surface area contributed by atoms with Crippen LogP contribution in [0.5, 0.6) is 0 Å². The topological polar surface area (TPSA) is 78.7 Å². The molecular weight excluding hydrogens is 291 g/mol. The zero-order valence-electron chi connectivity index (χ0n) is 11.4. The number of halogens is 2. The first-order chi connectivity index (χ1) is 8.02. The molecule has 6 nitrogen and oxygen atoms in total. The maximum atomic E-state index is 11.5. The zero-order valence-corrected chi connectivity index (χ0v) is 13.1. The first-order valence-electron chi connectivity index (χ1n) is 6.02. The number of amides is 2. The van der Waals surface area contributed by atoms with Gasteiger partial charge in [0.1, 0.15) is 0 Å². The van der Waals surface area contributed by atoms with Gasteiger partial charge < -0.3 is 16.0 Å². The molecule has 19 heavy (non-hydrogen) atoms. The van der Waals surface area contributed by atoms with Crippen molar-refractivity contribution in [1.29, 1.82) is 0 Å². The zero-order chi connectivity index (χ0) is 12.8. The largest absolute Gasteiger partial charge is 0.353 e. The van der Waals surface area contributed by atoms with Crippen LogP contribution in [0.15, 0.2) is 0 Å². The van der Waals surface area contributed by atoms with E-state index in [0.717, 1.165) is 13.1 Å². The second kappa shape index (κ2) is 10.3. The second-order valence-electron chi connectivity index (χ2n) is 4.58. The minimum Gasteiger partial charge on any atom is -0.353 e. The molecule has 1 rings (SSSR count). The molecule has 0 atom stereocenters. The number of piperazine rings is 1. The third-order valence-corrected chi connectivity index (χ3v) is 2.72. The highest BCUT2D eigenvalue weighted by molar-refractivity contribution is 5.85. The van der Waals surface area contributed by atoms with Crippen LogP contribution in [0.1, 0.15) is 13.8 Å². The van der Waals surface area contributed by atoms with Crippen LogP contribution in [0, 0.1) is 0 Å². The summed E-state index contributed by atoms with van der Waals surface area (Å²) in [4.78, 5) is 26.7. The summed E-state index contributed by atoms with van der Waals surface area (Å²) in [5, 5.41) is 2.85. The number of nitrogens with one attached hydrogen (secondary N) is 1. The molecule has 1 aliphatic heterocycles. The van der Waals surface area contributed by atoms with Gasteiger partial charge in [-0.3, -0.25) is 14.5 Å². The summed E-state index contributed by atoms with van der Waals surface area (Å²) in [6, 6.07) is 0.169. The average Bonchev–Trinajstić information content (AvgIpc) is 2.28. The lowest BCUT2D eigenvalue weighted by Crippen LogP contribution is -2.52. The van der Waals surface area contributed by atoms with E-state index in [9.17, 15) is 9.59 Å². The van der Waals surface area contributed by atoms with Gasteiger partial charge in [0.15, 0.2) is 0 Å². The number of nitrogens with two attached hydrogens (primary N) is 1. The van der Waals surface area contributed by atoms with E-state index in [1.54, 1.807) is 4.90 Å². The van der Waals surface area contributed by atoms with Gasteiger partial charge in [0.2, 0.25) is 11.8 Å². The van der Waals surface area contributed by atoms with Gasteiger partial charge in [-0.05, 0) is 13.8 Å². The van der Waals surface area contributed by atoms with Gasteiger partial charge in [0.25, 0.3) is 0 Å². The van der Waals surface area contributed by atoms with Gasteiger partial charge in [-0.15, -0.1) is 24.8 Å². The van der Waals surface area contributed by atoms with Gasteiger partial charge >= 0.3 is 0 Å². The molecule has 3 N–H and O–H groups in total. The van der Waals surface area contributed by atoms with Crippen molar-refractivity contribution in [3.05, 3.63) is 0 Å². The molecule has 1 saturated heterocycles. The summed E-state index contributed by atoms with van der Waals surface area (Å²) in [5.74, 6) is 0.0230. The van der Waals surface area contributed by atoms with Gasteiger partial charge in [-0.1, -0.05) is 0 Å². The van der Waals surface area contributed by atoms with E-state index in [2.05, 4.69) is 10.2 Å². The van der Waals surface area contributed by atoms with Crippen molar-refractivity contribution in [2.45, 2.75) is 19.9 Å². The van der Waals surface area contributed by atoms with E-state index >= 15 is 0 Å². The van der Waals surface area contributed by atoms with E-state index in [0.29, 0.717) is 19.6 Å². The molecule has 0 bridgehead atoms. The van der Waals surface area contributed by atoms with Crippen LogP contribution in [-0.2, 0) is 9.59 Å². The monoisotopic (exact) mass is 314 g/mol. The third-order valence-electron chi connectivity index (χ3n) is 2.72.